The Bertz CT molecular complexity index is 323. The predicted molar refractivity (Wildman–Crippen MR) is 62.1 cm³/mol. The summed E-state index contributed by atoms with van der Waals surface area (Å²) in [5.41, 5.74) is 5.18. The first kappa shape index (κ1) is 12.8. The van der Waals surface area contributed by atoms with Gasteiger partial charge in [0, 0.05) is 12.6 Å². The third kappa shape index (κ3) is 4.42. The number of rotatable bonds is 6. The van der Waals surface area contributed by atoms with Gasteiger partial charge in [0.1, 0.15) is 5.75 Å². The number of ether oxygens (including phenoxy) is 1. The van der Waals surface area contributed by atoms with Gasteiger partial charge in [-0.1, -0.05) is 12.2 Å². The standard InChI is InChI=1S/C8H16N2O3S2/c1-2-13-7-3-6(4-7)10-15(11,12)5-8(9)14/h6-7,10H,2-5H2,1H3,(H2,9,14). The van der Waals surface area contributed by atoms with Gasteiger partial charge in [0.05, 0.1) is 11.1 Å². The Kier molecular flexibility index (Phi) is 4.45. The van der Waals surface area contributed by atoms with E-state index in [4.69, 9.17) is 10.5 Å². The molecule has 88 valence electrons. The minimum absolute atomic E-state index is 0.0109. The van der Waals surface area contributed by atoms with Crippen LogP contribution in [0.4, 0.5) is 0 Å². The molecule has 0 saturated heterocycles. The molecule has 5 nitrogen and oxygen atoms in total. The van der Waals surface area contributed by atoms with Gasteiger partial charge >= 0.3 is 0 Å². The third-order valence-electron chi connectivity index (χ3n) is 2.18. The molecule has 0 radical (unpaired) electrons. The van der Waals surface area contributed by atoms with Crippen LogP contribution in [0.2, 0.25) is 0 Å². The van der Waals surface area contributed by atoms with E-state index in [2.05, 4.69) is 16.9 Å². The molecule has 0 unspecified atom stereocenters. The van der Waals surface area contributed by atoms with Crippen LogP contribution in [0.15, 0.2) is 0 Å². The molecule has 1 rings (SSSR count). The van der Waals surface area contributed by atoms with E-state index in [1.165, 1.54) is 0 Å². The lowest BCUT2D eigenvalue weighted by Gasteiger charge is -2.34. The molecular formula is C8H16N2O3S2. The molecule has 7 heteroatoms. The van der Waals surface area contributed by atoms with E-state index in [1.54, 1.807) is 0 Å². The van der Waals surface area contributed by atoms with E-state index >= 15 is 0 Å². The number of nitrogens with two attached hydrogens (primary N) is 1. The monoisotopic (exact) mass is 252 g/mol. The fourth-order valence-corrected chi connectivity index (χ4v) is 3.14. The Morgan fingerprint density at radius 3 is 2.67 bits per heavy atom. The molecule has 0 aromatic carbocycles. The van der Waals surface area contributed by atoms with Gasteiger partial charge in [0.2, 0.25) is 10.0 Å². The van der Waals surface area contributed by atoms with Crippen LogP contribution in [-0.4, -0.2) is 37.9 Å². The fraction of sp³-hybridized carbons (Fsp3) is 0.875. The van der Waals surface area contributed by atoms with Crippen LogP contribution in [-0.2, 0) is 14.8 Å². The van der Waals surface area contributed by atoms with Gasteiger partial charge < -0.3 is 10.5 Å². The van der Waals surface area contributed by atoms with Gasteiger partial charge in [0.15, 0.2) is 0 Å². The quantitative estimate of drug-likeness (QED) is 0.638. The number of hydrogen-bond acceptors (Lipinski definition) is 4. The second-order valence-electron chi connectivity index (χ2n) is 3.59. The summed E-state index contributed by atoms with van der Waals surface area (Å²) in [6.45, 7) is 2.58. The van der Waals surface area contributed by atoms with Gasteiger partial charge in [0.25, 0.3) is 0 Å². The third-order valence-corrected chi connectivity index (χ3v) is 3.89. The highest BCUT2D eigenvalue weighted by Gasteiger charge is 2.32. The Labute approximate surface area is 95.4 Å². The van der Waals surface area contributed by atoms with E-state index in [-0.39, 0.29) is 22.9 Å². The highest BCUT2D eigenvalue weighted by Crippen LogP contribution is 2.23. The second-order valence-corrected chi connectivity index (χ2v) is 5.87. The van der Waals surface area contributed by atoms with E-state index < -0.39 is 10.0 Å². The lowest BCUT2D eigenvalue weighted by Crippen LogP contribution is -2.49. The molecule has 3 N–H and O–H groups in total. The van der Waals surface area contributed by atoms with Gasteiger partial charge in [-0.05, 0) is 19.8 Å². The molecule has 1 fully saturated rings. The van der Waals surface area contributed by atoms with Crippen LogP contribution in [0.1, 0.15) is 19.8 Å². The minimum Gasteiger partial charge on any atom is -0.392 e. The van der Waals surface area contributed by atoms with Crippen LogP contribution >= 0.6 is 12.2 Å². The molecule has 0 aliphatic heterocycles. The van der Waals surface area contributed by atoms with Crippen molar-refractivity contribution in [1.82, 2.24) is 4.72 Å². The molecule has 0 aromatic rings. The van der Waals surface area contributed by atoms with Crippen LogP contribution in [0.3, 0.4) is 0 Å². The SMILES string of the molecule is CCOC1CC(NS(=O)(=O)CC(N)=S)C1. The van der Waals surface area contributed by atoms with Crippen LogP contribution in [0.5, 0.6) is 0 Å². The van der Waals surface area contributed by atoms with E-state index in [9.17, 15) is 8.42 Å². The summed E-state index contributed by atoms with van der Waals surface area (Å²) in [6, 6.07) is -0.0269. The van der Waals surface area contributed by atoms with Crippen molar-refractivity contribution in [3.05, 3.63) is 0 Å². The van der Waals surface area contributed by atoms with Crippen molar-refractivity contribution in [2.45, 2.75) is 31.9 Å². The van der Waals surface area contributed by atoms with Crippen molar-refractivity contribution in [2.75, 3.05) is 12.4 Å². The summed E-state index contributed by atoms with van der Waals surface area (Å²) in [5, 5.41) is 0. The molecule has 0 bridgehead atoms. The summed E-state index contributed by atoms with van der Waals surface area (Å²) in [5.74, 6) is -0.280. The van der Waals surface area contributed by atoms with E-state index in [0.717, 1.165) is 12.8 Å². The van der Waals surface area contributed by atoms with E-state index in [1.807, 2.05) is 6.92 Å². The van der Waals surface area contributed by atoms with Crippen molar-refractivity contribution in [1.29, 1.82) is 0 Å². The Morgan fingerprint density at radius 2 is 2.20 bits per heavy atom. The molecule has 0 amide bonds. The molecule has 0 atom stereocenters. The summed E-state index contributed by atoms with van der Waals surface area (Å²) >= 11 is 4.55. The van der Waals surface area contributed by atoms with Gasteiger partial charge in [-0.2, -0.15) is 0 Å². The molecule has 0 heterocycles. The lowest BCUT2D eigenvalue weighted by atomic mass is 9.90. The lowest BCUT2D eigenvalue weighted by molar-refractivity contribution is -0.00473. The van der Waals surface area contributed by atoms with Crippen molar-refractivity contribution in [2.24, 2.45) is 5.73 Å². The molecule has 1 aliphatic carbocycles. The summed E-state index contributed by atoms with van der Waals surface area (Å²) in [6.07, 6.45) is 1.64. The van der Waals surface area contributed by atoms with Crippen molar-refractivity contribution in [3.8, 4) is 0 Å². The molecule has 15 heavy (non-hydrogen) atoms. The average Bonchev–Trinajstić information content (AvgIpc) is 1.97. The maximum absolute atomic E-state index is 11.4. The Morgan fingerprint density at radius 1 is 1.60 bits per heavy atom. The summed E-state index contributed by atoms with van der Waals surface area (Å²) < 4.78 is 30.6. The first-order chi connectivity index (χ1) is 6.93. The smallest absolute Gasteiger partial charge is 0.218 e. The maximum Gasteiger partial charge on any atom is 0.218 e. The number of sulfonamides is 1. The first-order valence-electron chi connectivity index (χ1n) is 4.83. The Hall–Kier alpha value is -0.240. The highest BCUT2D eigenvalue weighted by molar-refractivity contribution is 7.92. The number of thiocarbonyl (C=S) groups is 1. The zero-order valence-electron chi connectivity index (χ0n) is 8.60. The van der Waals surface area contributed by atoms with E-state index in [0.29, 0.717) is 6.61 Å². The minimum atomic E-state index is -3.35. The zero-order chi connectivity index (χ0) is 11.5. The summed E-state index contributed by atoms with van der Waals surface area (Å²) in [7, 11) is -3.35. The second kappa shape index (κ2) is 5.20. The molecule has 0 spiro atoms. The molecule has 1 aliphatic rings. The average molecular weight is 252 g/mol. The fourth-order valence-electron chi connectivity index (χ4n) is 1.52. The zero-order valence-corrected chi connectivity index (χ0v) is 10.2. The highest BCUT2D eigenvalue weighted by atomic mass is 32.2. The van der Waals surface area contributed by atoms with Crippen molar-refractivity contribution < 1.29 is 13.2 Å². The topological polar surface area (TPSA) is 81.4 Å². The molecule has 1 saturated carbocycles. The Balaban J connectivity index is 2.29. The predicted octanol–water partition coefficient (Wildman–Crippen LogP) is -0.241. The van der Waals surface area contributed by atoms with Crippen molar-refractivity contribution in [3.63, 3.8) is 0 Å². The molecular weight excluding hydrogens is 236 g/mol. The number of hydrogen-bond donors (Lipinski definition) is 2. The van der Waals surface area contributed by atoms with Crippen LogP contribution in [0.25, 0.3) is 0 Å². The van der Waals surface area contributed by atoms with Gasteiger partial charge in [-0.15, -0.1) is 0 Å². The van der Waals surface area contributed by atoms with Gasteiger partial charge in [-0.25, -0.2) is 13.1 Å². The maximum atomic E-state index is 11.4. The van der Waals surface area contributed by atoms with Crippen LogP contribution in [0, 0.1) is 0 Å². The van der Waals surface area contributed by atoms with Gasteiger partial charge in [-0.3, -0.25) is 0 Å². The van der Waals surface area contributed by atoms with Crippen LogP contribution < -0.4 is 10.5 Å². The largest absolute Gasteiger partial charge is 0.392 e. The normalized spacial score (nSPS) is 25.9. The first-order valence-corrected chi connectivity index (χ1v) is 6.89. The number of nitrogens with one attached hydrogen (secondary N) is 1. The summed E-state index contributed by atoms with van der Waals surface area (Å²) in [4.78, 5) is -0.0109. The van der Waals surface area contributed by atoms with Crippen molar-refractivity contribution >= 4 is 27.2 Å². The molecule has 0 aromatic heterocycles.